The van der Waals surface area contributed by atoms with E-state index in [4.69, 9.17) is 10.2 Å². The molecule has 1 heterocycles. The number of rotatable bonds is 8. The third kappa shape index (κ3) is 5.79. The summed E-state index contributed by atoms with van der Waals surface area (Å²) < 4.78 is 5.16. The SMILES string of the molecule is CC(C)(O)CCN=Cc1cc(NC(=O)c2cccc([N+](=O)[O-])c2)c(-c2ccoc2)cc1N. The van der Waals surface area contributed by atoms with Crippen molar-refractivity contribution in [2.75, 3.05) is 17.6 Å². The molecule has 4 N–H and O–H groups in total. The molecule has 3 rings (SSSR count). The second-order valence-electron chi connectivity index (χ2n) is 7.90. The number of benzene rings is 2. The van der Waals surface area contributed by atoms with Crippen LogP contribution in [-0.2, 0) is 0 Å². The minimum Gasteiger partial charge on any atom is -0.472 e. The van der Waals surface area contributed by atoms with Gasteiger partial charge in [0.2, 0.25) is 0 Å². The van der Waals surface area contributed by atoms with Gasteiger partial charge in [-0.2, -0.15) is 0 Å². The second kappa shape index (κ2) is 9.44. The lowest BCUT2D eigenvalue weighted by Gasteiger charge is -2.15. The highest BCUT2D eigenvalue weighted by atomic mass is 16.6. The van der Waals surface area contributed by atoms with Gasteiger partial charge in [-0.15, -0.1) is 0 Å². The number of nitrogens with one attached hydrogen (secondary N) is 1. The molecule has 0 aliphatic heterocycles. The number of hydrogen-bond acceptors (Lipinski definition) is 7. The van der Waals surface area contributed by atoms with Crippen LogP contribution in [0.5, 0.6) is 0 Å². The molecule has 0 aliphatic rings. The minimum absolute atomic E-state index is 0.148. The molecule has 166 valence electrons. The van der Waals surface area contributed by atoms with Crippen LogP contribution in [0.25, 0.3) is 11.1 Å². The Balaban J connectivity index is 1.93. The van der Waals surface area contributed by atoms with E-state index in [1.165, 1.54) is 36.8 Å². The standard InChI is InChI=1S/C23H24N4O5/c1-23(2,29)7-8-25-13-17-11-21(19(12-20(17)24)16-6-9-32-14-16)26-22(28)15-4-3-5-18(10-15)27(30)31/h3-6,9-14,29H,7-8,24H2,1-2H3,(H,26,28). The van der Waals surface area contributed by atoms with Crippen LogP contribution in [-0.4, -0.2) is 34.3 Å². The van der Waals surface area contributed by atoms with Crippen molar-refractivity contribution in [2.24, 2.45) is 4.99 Å². The van der Waals surface area contributed by atoms with E-state index in [9.17, 15) is 20.0 Å². The van der Waals surface area contributed by atoms with E-state index in [-0.39, 0.29) is 11.3 Å². The van der Waals surface area contributed by atoms with Crippen molar-refractivity contribution < 1.29 is 19.2 Å². The summed E-state index contributed by atoms with van der Waals surface area (Å²) in [6.45, 7) is 3.82. The highest BCUT2D eigenvalue weighted by molar-refractivity contribution is 6.07. The summed E-state index contributed by atoms with van der Waals surface area (Å²) in [6.07, 6.45) is 5.09. The normalized spacial score (nSPS) is 11.6. The van der Waals surface area contributed by atoms with E-state index in [1.807, 2.05) is 0 Å². The Morgan fingerprint density at radius 3 is 2.75 bits per heavy atom. The average Bonchev–Trinajstić information content (AvgIpc) is 3.27. The third-order valence-corrected chi connectivity index (χ3v) is 4.71. The lowest BCUT2D eigenvalue weighted by atomic mass is 10.0. The highest BCUT2D eigenvalue weighted by Crippen LogP contribution is 2.33. The van der Waals surface area contributed by atoms with Crippen LogP contribution in [0.4, 0.5) is 17.1 Å². The molecule has 0 fully saturated rings. The summed E-state index contributed by atoms with van der Waals surface area (Å²) in [4.78, 5) is 27.6. The van der Waals surface area contributed by atoms with Crippen LogP contribution in [0.2, 0.25) is 0 Å². The third-order valence-electron chi connectivity index (χ3n) is 4.71. The lowest BCUT2D eigenvalue weighted by molar-refractivity contribution is -0.384. The summed E-state index contributed by atoms with van der Waals surface area (Å²) in [5.41, 5.74) is 8.15. The Morgan fingerprint density at radius 1 is 1.31 bits per heavy atom. The number of hydrogen-bond donors (Lipinski definition) is 3. The molecule has 0 saturated heterocycles. The number of nitrogens with two attached hydrogens (primary N) is 1. The molecule has 1 aromatic heterocycles. The molecule has 2 aromatic carbocycles. The zero-order valence-electron chi connectivity index (χ0n) is 17.7. The number of anilines is 2. The smallest absolute Gasteiger partial charge is 0.270 e. The molecule has 0 radical (unpaired) electrons. The Kier molecular flexibility index (Phi) is 6.70. The monoisotopic (exact) mass is 436 g/mol. The maximum Gasteiger partial charge on any atom is 0.270 e. The Labute approximate surface area is 184 Å². The summed E-state index contributed by atoms with van der Waals surface area (Å²) >= 11 is 0. The molecular weight excluding hydrogens is 412 g/mol. The number of non-ortho nitro benzene ring substituents is 1. The van der Waals surface area contributed by atoms with Crippen LogP contribution in [0.1, 0.15) is 36.2 Å². The number of nitrogens with zero attached hydrogens (tertiary/aromatic N) is 2. The fraction of sp³-hybridized carbons (Fsp3) is 0.217. The van der Waals surface area contributed by atoms with Gasteiger partial charge >= 0.3 is 0 Å². The van der Waals surface area contributed by atoms with Crippen molar-refractivity contribution in [3.8, 4) is 11.1 Å². The van der Waals surface area contributed by atoms with Gasteiger partial charge < -0.3 is 20.6 Å². The number of aliphatic imine (C=N–C) groups is 1. The van der Waals surface area contributed by atoms with E-state index >= 15 is 0 Å². The van der Waals surface area contributed by atoms with Crippen LogP contribution < -0.4 is 11.1 Å². The number of carbonyl (C=O) groups is 1. The molecule has 3 aromatic rings. The van der Waals surface area contributed by atoms with E-state index < -0.39 is 16.4 Å². The first-order valence-corrected chi connectivity index (χ1v) is 9.88. The van der Waals surface area contributed by atoms with Gasteiger partial charge in [-0.25, -0.2) is 0 Å². The maximum atomic E-state index is 12.8. The zero-order valence-corrected chi connectivity index (χ0v) is 17.7. The highest BCUT2D eigenvalue weighted by Gasteiger charge is 2.16. The van der Waals surface area contributed by atoms with Gasteiger partial charge in [0, 0.05) is 58.5 Å². The van der Waals surface area contributed by atoms with E-state index in [0.717, 1.165) is 0 Å². The average molecular weight is 436 g/mol. The molecular formula is C23H24N4O5. The van der Waals surface area contributed by atoms with Gasteiger partial charge in [-0.05, 0) is 44.5 Å². The molecule has 0 saturated carbocycles. The molecule has 32 heavy (non-hydrogen) atoms. The summed E-state index contributed by atoms with van der Waals surface area (Å²) in [7, 11) is 0. The first kappa shape index (κ1) is 22.7. The summed E-state index contributed by atoms with van der Waals surface area (Å²) in [6, 6.07) is 10.6. The molecule has 0 aliphatic carbocycles. The minimum atomic E-state index is -0.828. The molecule has 0 atom stereocenters. The molecule has 0 bridgehead atoms. The van der Waals surface area contributed by atoms with E-state index in [1.54, 1.807) is 38.3 Å². The fourth-order valence-corrected chi connectivity index (χ4v) is 2.96. The van der Waals surface area contributed by atoms with Crippen molar-refractivity contribution in [3.05, 3.63) is 76.2 Å². The largest absolute Gasteiger partial charge is 0.472 e. The van der Waals surface area contributed by atoms with Crippen molar-refractivity contribution in [1.82, 2.24) is 0 Å². The van der Waals surface area contributed by atoms with Gasteiger partial charge in [-0.1, -0.05) is 6.07 Å². The molecule has 0 unspecified atom stereocenters. The van der Waals surface area contributed by atoms with E-state index in [2.05, 4.69) is 10.3 Å². The molecule has 1 amide bonds. The van der Waals surface area contributed by atoms with Gasteiger partial charge in [0.1, 0.15) is 0 Å². The molecule has 9 nitrogen and oxygen atoms in total. The van der Waals surface area contributed by atoms with Gasteiger partial charge in [0.25, 0.3) is 11.6 Å². The summed E-state index contributed by atoms with van der Waals surface area (Å²) in [5.74, 6) is -0.506. The van der Waals surface area contributed by atoms with Crippen LogP contribution in [0.15, 0.2) is 64.4 Å². The Hall–Kier alpha value is -3.98. The zero-order chi connectivity index (χ0) is 23.3. The van der Waals surface area contributed by atoms with Gasteiger partial charge in [0.15, 0.2) is 0 Å². The van der Waals surface area contributed by atoms with Crippen molar-refractivity contribution in [1.29, 1.82) is 0 Å². The first-order valence-electron chi connectivity index (χ1n) is 9.88. The lowest BCUT2D eigenvalue weighted by Crippen LogP contribution is -2.19. The summed E-state index contributed by atoms with van der Waals surface area (Å²) in [5, 5.41) is 23.7. The number of aliphatic hydroxyl groups is 1. The van der Waals surface area contributed by atoms with Crippen molar-refractivity contribution >= 4 is 29.2 Å². The predicted octanol–water partition coefficient (Wildman–Crippen LogP) is 4.27. The second-order valence-corrected chi connectivity index (χ2v) is 7.90. The fourth-order valence-electron chi connectivity index (χ4n) is 2.96. The van der Waals surface area contributed by atoms with E-state index in [0.29, 0.717) is 41.0 Å². The maximum absolute atomic E-state index is 12.8. The molecule has 9 heteroatoms. The quantitative estimate of drug-likeness (QED) is 0.208. The number of nitro groups is 1. The van der Waals surface area contributed by atoms with Crippen LogP contribution >= 0.6 is 0 Å². The van der Waals surface area contributed by atoms with Crippen molar-refractivity contribution in [3.63, 3.8) is 0 Å². The van der Waals surface area contributed by atoms with Crippen LogP contribution in [0.3, 0.4) is 0 Å². The number of nitro benzene ring substituents is 1. The predicted molar refractivity (Wildman–Crippen MR) is 123 cm³/mol. The van der Waals surface area contributed by atoms with Crippen molar-refractivity contribution in [2.45, 2.75) is 25.9 Å². The molecule has 0 spiro atoms. The number of nitrogen functional groups attached to an aromatic ring is 1. The Morgan fingerprint density at radius 2 is 2.09 bits per heavy atom. The topological polar surface area (TPSA) is 144 Å². The van der Waals surface area contributed by atoms with Gasteiger partial charge in [-0.3, -0.25) is 19.9 Å². The van der Waals surface area contributed by atoms with Gasteiger partial charge in [0.05, 0.1) is 23.1 Å². The Bertz CT molecular complexity index is 1150. The number of carbonyl (C=O) groups excluding carboxylic acids is 1. The number of amides is 1. The number of furan rings is 1. The first-order chi connectivity index (χ1) is 15.1. The van der Waals surface area contributed by atoms with Crippen LogP contribution in [0, 0.1) is 10.1 Å².